The Labute approximate surface area is 123 Å². The Morgan fingerprint density at radius 3 is 2.89 bits per heavy atom. The predicted molar refractivity (Wildman–Crippen MR) is 78.8 cm³/mol. The molecule has 5 nitrogen and oxygen atoms in total. The number of benzene rings is 1. The van der Waals surface area contributed by atoms with E-state index in [0.29, 0.717) is 26.6 Å². The molecule has 8 heteroatoms. The van der Waals surface area contributed by atoms with Crippen molar-refractivity contribution in [1.29, 1.82) is 0 Å². The molecule has 0 radical (unpaired) electrons. The highest BCUT2D eigenvalue weighted by atomic mass is 35.5. The van der Waals surface area contributed by atoms with Crippen molar-refractivity contribution in [1.82, 2.24) is 9.97 Å². The van der Waals surface area contributed by atoms with Gasteiger partial charge in [0.2, 0.25) is 5.91 Å². The van der Waals surface area contributed by atoms with E-state index in [-0.39, 0.29) is 11.7 Å². The van der Waals surface area contributed by atoms with E-state index in [2.05, 4.69) is 15.3 Å². The van der Waals surface area contributed by atoms with Crippen molar-refractivity contribution in [2.75, 3.05) is 16.8 Å². The van der Waals surface area contributed by atoms with Crippen LogP contribution in [0.3, 0.4) is 0 Å². The van der Waals surface area contributed by atoms with Crippen LogP contribution in [0.1, 0.15) is 0 Å². The zero-order chi connectivity index (χ0) is 13.8. The van der Waals surface area contributed by atoms with Gasteiger partial charge in [0.15, 0.2) is 5.16 Å². The quantitative estimate of drug-likeness (QED) is 0.598. The van der Waals surface area contributed by atoms with Gasteiger partial charge in [-0.15, -0.1) is 0 Å². The van der Waals surface area contributed by atoms with E-state index in [9.17, 15) is 4.79 Å². The van der Waals surface area contributed by atoms with Crippen LogP contribution in [-0.4, -0.2) is 21.6 Å². The highest BCUT2D eigenvalue weighted by Crippen LogP contribution is 2.32. The highest BCUT2D eigenvalue weighted by Gasteiger charge is 2.11. The second kappa shape index (κ2) is 6.18. The van der Waals surface area contributed by atoms with Gasteiger partial charge in [-0.25, -0.2) is 4.98 Å². The molecule has 0 spiro atoms. The molecule has 0 aliphatic rings. The molecule has 0 aliphatic carbocycles. The number of halogens is 2. The Kier molecular flexibility index (Phi) is 4.57. The lowest BCUT2D eigenvalue weighted by Crippen LogP contribution is -2.15. The summed E-state index contributed by atoms with van der Waals surface area (Å²) in [5.41, 5.74) is 6.45. The van der Waals surface area contributed by atoms with Gasteiger partial charge in [-0.05, 0) is 12.1 Å². The lowest BCUT2D eigenvalue weighted by Gasteiger charge is -2.10. The molecule has 19 heavy (non-hydrogen) atoms. The van der Waals surface area contributed by atoms with Crippen LogP contribution in [0.2, 0.25) is 10.0 Å². The molecule has 0 bridgehead atoms. The van der Waals surface area contributed by atoms with Crippen molar-refractivity contribution in [2.24, 2.45) is 0 Å². The number of nitrogens with one attached hydrogen (secondary N) is 2. The maximum Gasteiger partial charge on any atom is 0.234 e. The fourth-order valence-electron chi connectivity index (χ4n) is 1.36. The number of aromatic nitrogens is 2. The van der Waals surface area contributed by atoms with E-state index in [0.717, 1.165) is 0 Å². The molecule has 100 valence electrons. The molecule has 0 saturated carbocycles. The SMILES string of the molecule is Nc1cc(Cl)cc(Cl)c1NC(=O)CSc1ncc[nH]1. The summed E-state index contributed by atoms with van der Waals surface area (Å²) in [5.74, 6) is -0.0244. The number of hydrogen-bond acceptors (Lipinski definition) is 4. The standard InChI is InChI=1S/C11H10Cl2N4OS/c12-6-3-7(13)10(8(14)4-6)17-9(18)5-19-11-15-1-2-16-11/h1-4H,5,14H2,(H,15,16)(H,17,18). The molecular weight excluding hydrogens is 307 g/mol. The number of amides is 1. The number of rotatable bonds is 4. The second-order valence-electron chi connectivity index (χ2n) is 3.58. The van der Waals surface area contributed by atoms with Gasteiger partial charge in [-0.3, -0.25) is 4.79 Å². The van der Waals surface area contributed by atoms with Crippen LogP contribution in [0.25, 0.3) is 0 Å². The number of nitrogens with two attached hydrogens (primary N) is 1. The molecule has 4 N–H and O–H groups in total. The predicted octanol–water partition coefficient (Wildman–Crippen LogP) is 3.03. The second-order valence-corrected chi connectivity index (χ2v) is 5.39. The lowest BCUT2D eigenvalue weighted by molar-refractivity contribution is -0.113. The Bertz CT molecular complexity index is 565. The van der Waals surface area contributed by atoms with E-state index in [1.54, 1.807) is 12.4 Å². The van der Waals surface area contributed by atoms with E-state index in [4.69, 9.17) is 28.9 Å². The number of carbonyl (C=O) groups is 1. The first-order chi connectivity index (χ1) is 9.06. The summed E-state index contributed by atoms with van der Waals surface area (Å²) in [4.78, 5) is 18.7. The summed E-state index contributed by atoms with van der Waals surface area (Å²) >= 11 is 13.0. The molecular formula is C11H10Cl2N4OS. The molecule has 0 unspecified atom stereocenters. The van der Waals surface area contributed by atoms with Crippen molar-refractivity contribution in [3.63, 3.8) is 0 Å². The maximum absolute atomic E-state index is 11.8. The van der Waals surface area contributed by atoms with E-state index in [1.807, 2.05) is 0 Å². The van der Waals surface area contributed by atoms with Crippen LogP contribution < -0.4 is 11.1 Å². The van der Waals surface area contributed by atoms with Gasteiger partial charge < -0.3 is 16.0 Å². The number of nitrogens with zero attached hydrogens (tertiary/aromatic N) is 1. The third kappa shape index (κ3) is 3.79. The molecule has 2 rings (SSSR count). The van der Waals surface area contributed by atoms with Gasteiger partial charge >= 0.3 is 0 Å². The summed E-state index contributed by atoms with van der Waals surface area (Å²) in [6.07, 6.45) is 3.31. The molecule has 1 heterocycles. The molecule has 0 aliphatic heterocycles. The van der Waals surface area contributed by atoms with Crippen LogP contribution >= 0.6 is 35.0 Å². The number of carbonyl (C=O) groups excluding carboxylic acids is 1. The van der Waals surface area contributed by atoms with Gasteiger partial charge in [0, 0.05) is 17.4 Å². The van der Waals surface area contributed by atoms with E-state index < -0.39 is 0 Å². The zero-order valence-corrected chi connectivity index (χ0v) is 11.9. The summed E-state index contributed by atoms with van der Waals surface area (Å²) in [6.45, 7) is 0. The van der Waals surface area contributed by atoms with Crippen molar-refractivity contribution < 1.29 is 4.79 Å². The number of imidazole rings is 1. The number of anilines is 2. The van der Waals surface area contributed by atoms with Gasteiger partial charge in [0.25, 0.3) is 0 Å². The van der Waals surface area contributed by atoms with Crippen molar-refractivity contribution in [3.8, 4) is 0 Å². The smallest absolute Gasteiger partial charge is 0.234 e. The first kappa shape index (κ1) is 14.0. The van der Waals surface area contributed by atoms with Crippen molar-refractivity contribution >= 4 is 52.2 Å². The first-order valence-electron chi connectivity index (χ1n) is 5.23. The third-order valence-electron chi connectivity index (χ3n) is 2.16. The average molecular weight is 317 g/mol. The van der Waals surface area contributed by atoms with Crippen LogP contribution in [0.4, 0.5) is 11.4 Å². The highest BCUT2D eigenvalue weighted by molar-refractivity contribution is 7.99. The fraction of sp³-hybridized carbons (Fsp3) is 0.0909. The topological polar surface area (TPSA) is 83.8 Å². The Morgan fingerprint density at radius 1 is 1.47 bits per heavy atom. The number of thioether (sulfide) groups is 1. The average Bonchev–Trinajstić information content (AvgIpc) is 2.84. The fourth-order valence-corrected chi connectivity index (χ4v) is 2.55. The number of nitrogen functional groups attached to an aromatic ring is 1. The molecule has 2 aromatic rings. The third-order valence-corrected chi connectivity index (χ3v) is 3.58. The molecule has 1 amide bonds. The summed E-state index contributed by atoms with van der Waals surface area (Å²) in [7, 11) is 0. The molecule has 1 aromatic heterocycles. The van der Waals surface area contributed by atoms with Gasteiger partial charge in [0.1, 0.15) is 0 Å². The largest absolute Gasteiger partial charge is 0.397 e. The van der Waals surface area contributed by atoms with Crippen LogP contribution in [-0.2, 0) is 4.79 Å². The van der Waals surface area contributed by atoms with E-state index in [1.165, 1.54) is 23.9 Å². The Hall–Kier alpha value is -1.37. The van der Waals surface area contributed by atoms with Gasteiger partial charge in [-0.2, -0.15) is 0 Å². The lowest BCUT2D eigenvalue weighted by atomic mass is 10.2. The van der Waals surface area contributed by atoms with Crippen LogP contribution in [0.15, 0.2) is 29.7 Å². The van der Waals surface area contributed by atoms with Gasteiger partial charge in [0.05, 0.1) is 22.2 Å². The Balaban J connectivity index is 1.99. The molecule has 0 fully saturated rings. The summed E-state index contributed by atoms with van der Waals surface area (Å²) in [5, 5.41) is 4.05. The van der Waals surface area contributed by atoms with Crippen molar-refractivity contribution in [3.05, 3.63) is 34.6 Å². The Morgan fingerprint density at radius 2 is 2.26 bits per heavy atom. The monoisotopic (exact) mass is 316 g/mol. The normalized spacial score (nSPS) is 10.4. The summed E-state index contributed by atoms with van der Waals surface area (Å²) < 4.78 is 0. The van der Waals surface area contributed by atoms with Crippen LogP contribution in [0.5, 0.6) is 0 Å². The van der Waals surface area contributed by atoms with E-state index >= 15 is 0 Å². The minimum atomic E-state index is -0.225. The number of H-pyrrole nitrogens is 1. The van der Waals surface area contributed by atoms with Gasteiger partial charge in [-0.1, -0.05) is 35.0 Å². The molecule has 0 atom stereocenters. The molecule has 1 aromatic carbocycles. The maximum atomic E-state index is 11.8. The minimum absolute atomic E-state index is 0.200. The first-order valence-corrected chi connectivity index (χ1v) is 6.97. The zero-order valence-electron chi connectivity index (χ0n) is 9.61. The van der Waals surface area contributed by atoms with Crippen molar-refractivity contribution in [2.45, 2.75) is 5.16 Å². The van der Waals surface area contributed by atoms with Crippen LogP contribution in [0, 0.1) is 0 Å². The minimum Gasteiger partial charge on any atom is -0.397 e. The number of hydrogen-bond donors (Lipinski definition) is 3. The number of aromatic amines is 1. The summed E-state index contributed by atoms with van der Waals surface area (Å²) in [6, 6.07) is 3.05. The molecule has 0 saturated heterocycles.